The predicted octanol–water partition coefficient (Wildman–Crippen LogP) is 2.98. The van der Waals surface area contributed by atoms with Crippen LogP contribution in [0.5, 0.6) is 0 Å². The third-order valence-electron chi connectivity index (χ3n) is 1.71. The van der Waals surface area contributed by atoms with Gasteiger partial charge in [0.1, 0.15) is 5.82 Å². The normalized spacial score (nSPS) is 10.3. The third-order valence-corrected chi connectivity index (χ3v) is 2.31. The molecule has 2 nitrogen and oxygen atoms in total. The minimum Gasteiger partial charge on any atom is -0.277 e. The van der Waals surface area contributed by atoms with Crippen molar-refractivity contribution in [3.63, 3.8) is 0 Å². The predicted molar refractivity (Wildman–Crippen MR) is 51.7 cm³/mol. The van der Waals surface area contributed by atoms with Gasteiger partial charge in [-0.3, -0.25) is 5.10 Å². The van der Waals surface area contributed by atoms with Crippen molar-refractivity contribution in [1.29, 1.82) is 0 Å². The maximum absolute atomic E-state index is 12.8. The zero-order chi connectivity index (χ0) is 9.26. The molecule has 2 rings (SSSR count). The van der Waals surface area contributed by atoms with Crippen LogP contribution in [0, 0.1) is 5.82 Å². The Morgan fingerprint density at radius 2 is 2.23 bits per heavy atom. The van der Waals surface area contributed by atoms with Crippen molar-refractivity contribution >= 4 is 15.9 Å². The molecule has 1 aromatic heterocycles. The number of hydrogen-bond acceptors (Lipinski definition) is 1. The highest BCUT2D eigenvalue weighted by Gasteiger charge is 2.04. The van der Waals surface area contributed by atoms with Crippen LogP contribution in [0.3, 0.4) is 0 Å². The summed E-state index contributed by atoms with van der Waals surface area (Å²) in [6.07, 6.45) is 1.64. The van der Waals surface area contributed by atoms with Crippen LogP contribution >= 0.6 is 15.9 Å². The molecule has 0 saturated carbocycles. The molecule has 1 heterocycles. The van der Waals surface area contributed by atoms with Gasteiger partial charge in [-0.2, -0.15) is 5.10 Å². The largest absolute Gasteiger partial charge is 0.277 e. The summed E-state index contributed by atoms with van der Waals surface area (Å²) in [5, 5.41) is 6.62. The summed E-state index contributed by atoms with van der Waals surface area (Å²) >= 11 is 3.31. The SMILES string of the molecule is Fc1cccc(-c2[nH]ncc2Br)c1. The van der Waals surface area contributed by atoms with Crippen LogP contribution in [-0.4, -0.2) is 10.2 Å². The van der Waals surface area contributed by atoms with E-state index in [4.69, 9.17) is 0 Å². The number of H-pyrrole nitrogens is 1. The highest BCUT2D eigenvalue weighted by Crippen LogP contribution is 2.25. The van der Waals surface area contributed by atoms with Crippen molar-refractivity contribution in [3.05, 3.63) is 40.8 Å². The quantitative estimate of drug-likeness (QED) is 0.816. The molecule has 2 aromatic rings. The summed E-state index contributed by atoms with van der Waals surface area (Å²) < 4.78 is 13.7. The number of aromatic nitrogens is 2. The number of nitrogens with zero attached hydrogens (tertiary/aromatic N) is 1. The number of aromatic amines is 1. The Bertz CT molecular complexity index is 425. The van der Waals surface area contributed by atoms with Crippen LogP contribution in [0.1, 0.15) is 0 Å². The van der Waals surface area contributed by atoms with Crippen molar-refractivity contribution in [3.8, 4) is 11.3 Å². The molecule has 0 radical (unpaired) electrons. The molecule has 0 saturated heterocycles. The lowest BCUT2D eigenvalue weighted by Crippen LogP contribution is -1.80. The van der Waals surface area contributed by atoms with Gasteiger partial charge in [0.15, 0.2) is 0 Å². The van der Waals surface area contributed by atoms with Crippen molar-refractivity contribution in [2.24, 2.45) is 0 Å². The molecule has 0 aliphatic rings. The van der Waals surface area contributed by atoms with Crippen LogP contribution < -0.4 is 0 Å². The Morgan fingerprint density at radius 3 is 2.85 bits per heavy atom. The molecule has 0 unspecified atom stereocenters. The monoisotopic (exact) mass is 240 g/mol. The molecule has 1 aromatic carbocycles. The molecule has 4 heteroatoms. The maximum Gasteiger partial charge on any atom is 0.123 e. The Balaban J connectivity index is 2.53. The summed E-state index contributed by atoms with van der Waals surface area (Å²) in [6, 6.07) is 6.35. The second-order valence-corrected chi connectivity index (χ2v) is 3.46. The summed E-state index contributed by atoms with van der Waals surface area (Å²) in [5.41, 5.74) is 1.57. The van der Waals surface area contributed by atoms with E-state index in [1.54, 1.807) is 12.3 Å². The smallest absolute Gasteiger partial charge is 0.123 e. The van der Waals surface area contributed by atoms with Crippen LogP contribution in [0.25, 0.3) is 11.3 Å². The first-order chi connectivity index (χ1) is 6.27. The van der Waals surface area contributed by atoms with Gasteiger partial charge in [-0.25, -0.2) is 4.39 Å². The van der Waals surface area contributed by atoms with Gasteiger partial charge in [0.05, 0.1) is 16.4 Å². The van der Waals surface area contributed by atoms with Gasteiger partial charge in [-0.05, 0) is 28.1 Å². The van der Waals surface area contributed by atoms with Gasteiger partial charge >= 0.3 is 0 Å². The zero-order valence-corrected chi connectivity index (χ0v) is 8.18. The number of benzene rings is 1. The molecule has 0 bridgehead atoms. The molecule has 0 aliphatic heterocycles. The fourth-order valence-corrected chi connectivity index (χ4v) is 1.54. The lowest BCUT2D eigenvalue weighted by atomic mass is 10.1. The third kappa shape index (κ3) is 1.62. The molecule has 13 heavy (non-hydrogen) atoms. The van der Waals surface area contributed by atoms with E-state index < -0.39 is 0 Å². The molecular weight excluding hydrogens is 235 g/mol. The van der Waals surface area contributed by atoms with Gasteiger partial charge < -0.3 is 0 Å². The number of halogens is 2. The highest BCUT2D eigenvalue weighted by atomic mass is 79.9. The topological polar surface area (TPSA) is 28.7 Å². The number of rotatable bonds is 1. The molecule has 0 spiro atoms. The first-order valence-corrected chi connectivity index (χ1v) is 4.51. The Morgan fingerprint density at radius 1 is 1.38 bits per heavy atom. The van der Waals surface area contributed by atoms with Gasteiger partial charge in [-0.1, -0.05) is 12.1 Å². The van der Waals surface area contributed by atoms with Gasteiger partial charge in [0.2, 0.25) is 0 Å². The van der Waals surface area contributed by atoms with Crippen molar-refractivity contribution in [2.45, 2.75) is 0 Å². The van der Waals surface area contributed by atoms with E-state index in [9.17, 15) is 4.39 Å². The van der Waals surface area contributed by atoms with E-state index >= 15 is 0 Å². The maximum atomic E-state index is 12.8. The van der Waals surface area contributed by atoms with Crippen LogP contribution in [0.15, 0.2) is 34.9 Å². The number of hydrogen-bond donors (Lipinski definition) is 1. The summed E-state index contributed by atoms with van der Waals surface area (Å²) in [6.45, 7) is 0. The lowest BCUT2D eigenvalue weighted by Gasteiger charge is -1.97. The minimum atomic E-state index is -0.251. The van der Waals surface area contributed by atoms with Crippen molar-refractivity contribution < 1.29 is 4.39 Å². The first-order valence-electron chi connectivity index (χ1n) is 3.72. The van der Waals surface area contributed by atoms with Gasteiger partial charge in [-0.15, -0.1) is 0 Å². The Kier molecular flexibility index (Phi) is 2.14. The van der Waals surface area contributed by atoms with Gasteiger partial charge in [0.25, 0.3) is 0 Å². The minimum absolute atomic E-state index is 0.251. The van der Waals surface area contributed by atoms with E-state index in [1.807, 2.05) is 6.07 Å². The molecule has 1 N–H and O–H groups in total. The van der Waals surface area contributed by atoms with Crippen LogP contribution in [0.2, 0.25) is 0 Å². The zero-order valence-electron chi connectivity index (χ0n) is 6.59. The van der Waals surface area contributed by atoms with Crippen LogP contribution in [0.4, 0.5) is 4.39 Å². The van der Waals surface area contributed by atoms with E-state index in [0.29, 0.717) is 0 Å². The van der Waals surface area contributed by atoms with E-state index in [2.05, 4.69) is 26.1 Å². The Labute approximate surface area is 82.9 Å². The van der Waals surface area contributed by atoms with Crippen molar-refractivity contribution in [2.75, 3.05) is 0 Å². The second-order valence-electron chi connectivity index (χ2n) is 2.60. The average Bonchev–Trinajstić information content (AvgIpc) is 2.51. The molecule has 0 amide bonds. The first kappa shape index (κ1) is 8.44. The summed E-state index contributed by atoms with van der Waals surface area (Å²) in [7, 11) is 0. The average molecular weight is 241 g/mol. The number of nitrogens with one attached hydrogen (secondary N) is 1. The summed E-state index contributed by atoms with van der Waals surface area (Å²) in [4.78, 5) is 0. The van der Waals surface area contributed by atoms with E-state index in [0.717, 1.165) is 15.7 Å². The van der Waals surface area contributed by atoms with E-state index in [1.165, 1.54) is 12.1 Å². The standard InChI is InChI=1S/C9H6BrFN2/c10-8-5-12-13-9(8)6-2-1-3-7(11)4-6/h1-5H,(H,12,13). The fourth-order valence-electron chi connectivity index (χ4n) is 1.12. The summed E-state index contributed by atoms with van der Waals surface area (Å²) in [5.74, 6) is -0.251. The Hall–Kier alpha value is -1.16. The molecule has 0 fully saturated rings. The second kappa shape index (κ2) is 3.30. The van der Waals surface area contributed by atoms with Gasteiger partial charge in [0, 0.05) is 5.56 Å². The van der Waals surface area contributed by atoms with Crippen molar-refractivity contribution in [1.82, 2.24) is 10.2 Å². The lowest BCUT2D eigenvalue weighted by molar-refractivity contribution is 0.628. The molecule has 66 valence electrons. The van der Waals surface area contributed by atoms with E-state index in [-0.39, 0.29) is 5.82 Å². The fraction of sp³-hybridized carbons (Fsp3) is 0. The molecular formula is C9H6BrFN2. The highest BCUT2D eigenvalue weighted by molar-refractivity contribution is 9.10. The molecule has 0 aliphatic carbocycles. The molecule has 0 atom stereocenters. The van der Waals surface area contributed by atoms with Crippen LogP contribution in [-0.2, 0) is 0 Å².